The summed E-state index contributed by atoms with van der Waals surface area (Å²) in [5.74, 6) is 1.94. The summed E-state index contributed by atoms with van der Waals surface area (Å²) < 4.78 is 0. The van der Waals surface area contributed by atoms with Gasteiger partial charge in [-0.05, 0) is 84.9 Å². The van der Waals surface area contributed by atoms with Gasteiger partial charge in [0.05, 0.1) is 6.07 Å². The van der Waals surface area contributed by atoms with Crippen LogP contribution in [0.4, 0.5) is 0 Å². The molecule has 0 aromatic rings. The van der Waals surface area contributed by atoms with Crippen molar-refractivity contribution in [2.75, 3.05) is 5.33 Å². The molecule has 4 spiro atoms. The smallest absolute Gasteiger partial charge is 0.0625 e. The van der Waals surface area contributed by atoms with Gasteiger partial charge in [-0.1, -0.05) is 15.9 Å². The zero-order chi connectivity index (χ0) is 12.9. The van der Waals surface area contributed by atoms with E-state index >= 15 is 0 Å². The third-order valence-corrected chi connectivity index (χ3v) is 8.74. The van der Waals surface area contributed by atoms with E-state index in [2.05, 4.69) is 22.0 Å². The minimum atomic E-state index is 0.753. The van der Waals surface area contributed by atoms with Crippen molar-refractivity contribution in [1.29, 1.82) is 5.26 Å². The molecule has 0 aliphatic heterocycles. The highest BCUT2D eigenvalue weighted by Crippen LogP contribution is 2.93. The first kappa shape index (κ1) is 11.6. The molecule has 1 nitrogen and oxygen atoms in total. The number of alkyl halides is 1. The lowest BCUT2D eigenvalue weighted by Crippen LogP contribution is -1.78. The molecule has 0 amide bonds. The first-order valence-electron chi connectivity index (χ1n) is 8.14. The van der Waals surface area contributed by atoms with Crippen LogP contribution in [0.15, 0.2) is 0 Å². The predicted molar refractivity (Wildman–Crippen MR) is 77.7 cm³/mol. The van der Waals surface area contributed by atoms with Gasteiger partial charge in [-0.3, -0.25) is 0 Å². The molecule has 19 heavy (non-hydrogen) atoms. The minimum absolute atomic E-state index is 0.753. The van der Waals surface area contributed by atoms with Gasteiger partial charge in [0.25, 0.3) is 0 Å². The van der Waals surface area contributed by atoms with Crippen LogP contribution in [-0.4, -0.2) is 5.33 Å². The standard InChI is InChI=1S/C9H11N.C8H11Br/c10-6-1-7-8(2-3-8)9(7)4-5-9;9-5-6-7(1-2-7)8(6)3-4-8/h7H,1-5H2;6H,1-5H2. The van der Waals surface area contributed by atoms with E-state index in [1.165, 1.54) is 31.0 Å². The van der Waals surface area contributed by atoms with E-state index in [9.17, 15) is 0 Å². The molecule has 2 heteroatoms. The maximum absolute atomic E-state index is 8.55. The van der Waals surface area contributed by atoms with Crippen LogP contribution in [0, 0.1) is 44.8 Å². The first-order chi connectivity index (χ1) is 9.21. The van der Waals surface area contributed by atoms with Crippen LogP contribution in [0.2, 0.25) is 0 Å². The second-order valence-corrected chi connectivity index (χ2v) is 8.89. The summed E-state index contributed by atoms with van der Waals surface area (Å²) in [5, 5.41) is 9.83. The molecular weight excluding hydrogens is 298 g/mol. The fourth-order valence-corrected chi connectivity index (χ4v) is 7.62. The molecule has 0 aromatic heterocycles. The van der Waals surface area contributed by atoms with Crippen molar-refractivity contribution in [2.45, 2.75) is 57.8 Å². The number of hydrogen-bond acceptors (Lipinski definition) is 1. The number of halogens is 1. The third-order valence-electron chi connectivity index (χ3n) is 8.09. The summed E-state index contributed by atoms with van der Waals surface area (Å²) in [6, 6.07) is 2.32. The van der Waals surface area contributed by atoms with Crippen LogP contribution < -0.4 is 0 Å². The van der Waals surface area contributed by atoms with Crippen molar-refractivity contribution < 1.29 is 0 Å². The van der Waals surface area contributed by atoms with E-state index in [4.69, 9.17) is 5.26 Å². The van der Waals surface area contributed by atoms with Crippen molar-refractivity contribution in [3.8, 4) is 6.07 Å². The lowest BCUT2D eigenvalue weighted by Gasteiger charge is -1.80. The van der Waals surface area contributed by atoms with Gasteiger partial charge in [0.2, 0.25) is 0 Å². The molecule has 6 aliphatic rings. The lowest BCUT2D eigenvalue weighted by molar-refractivity contribution is 0.716. The molecule has 0 bridgehead atoms. The van der Waals surface area contributed by atoms with Crippen molar-refractivity contribution >= 4 is 15.9 Å². The Hall–Kier alpha value is -0.0300. The number of nitriles is 1. The van der Waals surface area contributed by atoms with Gasteiger partial charge < -0.3 is 0 Å². The Balaban J connectivity index is 0.0000000933. The van der Waals surface area contributed by atoms with Crippen molar-refractivity contribution in [3.05, 3.63) is 0 Å². The number of hydrogen-bond donors (Lipinski definition) is 0. The summed E-state index contributed by atoms with van der Waals surface area (Å²) in [4.78, 5) is 0. The van der Waals surface area contributed by atoms with E-state index in [1.54, 1.807) is 25.7 Å². The first-order valence-corrected chi connectivity index (χ1v) is 9.27. The molecule has 0 heterocycles. The Morgan fingerprint density at radius 3 is 1.37 bits per heavy atom. The van der Waals surface area contributed by atoms with Crippen molar-refractivity contribution in [1.82, 2.24) is 0 Å². The van der Waals surface area contributed by atoms with Gasteiger partial charge in [-0.2, -0.15) is 5.26 Å². The van der Waals surface area contributed by atoms with Gasteiger partial charge in [0, 0.05) is 11.8 Å². The Morgan fingerprint density at radius 2 is 1.16 bits per heavy atom. The molecule has 6 fully saturated rings. The van der Waals surface area contributed by atoms with Crippen LogP contribution in [-0.2, 0) is 0 Å². The summed E-state index contributed by atoms with van der Waals surface area (Å²) in [7, 11) is 0. The van der Waals surface area contributed by atoms with E-state index in [-0.39, 0.29) is 0 Å². The SMILES string of the molecule is BrCC1C2(CC2)C12CC2.N#CCC1C2(CC2)C12CC2. The molecule has 0 radical (unpaired) electrons. The average Bonchev–Trinajstić information content (AvgIpc) is 3.26. The number of nitrogens with zero attached hydrogens (tertiary/aromatic N) is 1. The molecule has 0 saturated heterocycles. The van der Waals surface area contributed by atoms with Gasteiger partial charge >= 0.3 is 0 Å². The highest BCUT2D eigenvalue weighted by molar-refractivity contribution is 9.09. The maximum Gasteiger partial charge on any atom is 0.0625 e. The van der Waals surface area contributed by atoms with Crippen molar-refractivity contribution in [3.63, 3.8) is 0 Å². The Morgan fingerprint density at radius 1 is 0.789 bits per heavy atom. The largest absolute Gasteiger partial charge is 0.198 e. The molecule has 0 atom stereocenters. The van der Waals surface area contributed by atoms with Crippen LogP contribution in [0.25, 0.3) is 0 Å². The fraction of sp³-hybridized carbons (Fsp3) is 0.941. The normalized spacial score (nSPS) is 43.4. The van der Waals surface area contributed by atoms with Crippen LogP contribution in [0.1, 0.15) is 57.8 Å². The van der Waals surface area contributed by atoms with Crippen molar-refractivity contribution in [2.24, 2.45) is 33.5 Å². The molecular formula is C17H22BrN. The summed E-state index contributed by atoms with van der Waals surface area (Å²) in [6.45, 7) is 0. The molecule has 0 N–H and O–H groups in total. The molecule has 6 rings (SSSR count). The zero-order valence-corrected chi connectivity index (χ0v) is 13.1. The summed E-state index contributed by atoms with van der Waals surface area (Å²) in [6.07, 6.45) is 12.9. The second kappa shape index (κ2) is 3.08. The summed E-state index contributed by atoms with van der Waals surface area (Å²) >= 11 is 3.61. The highest BCUT2D eigenvalue weighted by Gasteiger charge is 2.86. The van der Waals surface area contributed by atoms with E-state index in [0.29, 0.717) is 0 Å². The Labute approximate surface area is 124 Å². The molecule has 0 unspecified atom stereocenters. The van der Waals surface area contributed by atoms with Crippen LogP contribution in [0.5, 0.6) is 0 Å². The highest BCUT2D eigenvalue weighted by atomic mass is 79.9. The van der Waals surface area contributed by atoms with Crippen LogP contribution >= 0.6 is 15.9 Å². The summed E-state index contributed by atoms with van der Waals surface area (Å²) in [5.41, 5.74) is 3.36. The van der Waals surface area contributed by atoms with Gasteiger partial charge in [-0.25, -0.2) is 0 Å². The van der Waals surface area contributed by atoms with Gasteiger partial charge in [-0.15, -0.1) is 0 Å². The lowest BCUT2D eigenvalue weighted by atomic mass is 10.2. The number of fused-ring (bicyclic) bond motifs is 2. The van der Waals surface area contributed by atoms with E-state index in [0.717, 1.165) is 39.9 Å². The number of rotatable bonds is 2. The Bertz CT molecular complexity index is 450. The van der Waals surface area contributed by atoms with E-state index < -0.39 is 0 Å². The van der Waals surface area contributed by atoms with Gasteiger partial charge in [0.1, 0.15) is 0 Å². The molecule has 102 valence electrons. The van der Waals surface area contributed by atoms with Crippen LogP contribution in [0.3, 0.4) is 0 Å². The third kappa shape index (κ3) is 1.16. The maximum atomic E-state index is 8.55. The molecule has 6 aliphatic carbocycles. The minimum Gasteiger partial charge on any atom is -0.198 e. The Kier molecular flexibility index (Phi) is 1.88. The topological polar surface area (TPSA) is 23.8 Å². The second-order valence-electron chi connectivity index (χ2n) is 8.25. The average molecular weight is 320 g/mol. The molecule has 6 saturated carbocycles. The predicted octanol–water partition coefficient (Wildman–Crippen LogP) is 4.66. The monoisotopic (exact) mass is 319 g/mol. The zero-order valence-electron chi connectivity index (χ0n) is 11.6. The quantitative estimate of drug-likeness (QED) is 0.679. The fourth-order valence-electron chi connectivity index (χ4n) is 6.38. The van der Waals surface area contributed by atoms with Gasteiger partial charge in [0.15, 0.2) is 0 Å². The van der Waals surface area contributed by atoms with E-state index in [1.807, 2.05) is 0 Å². The molecule has 0 aromatic carbocycles.